The lowest BCUT2D eigenvalue weighted by atomic mass is 10.1. The number of carbonyl (C=O) groups is 1. The lowest BCUT2D eigenvalue weighted by Gasteiger charge is -2.01. The molecule has 2 N–H and O–H groups in total. The molecule has 5 nitrogen and oxygen atoms in total. The summed E-state index contributed by atoms with van der Waals surface area (Å²) in [5.74, 6) is -0.502. The molecule has 0 spiro atoms. The van der Waals surface area contributed by atoms with Gasteiger partial charge < -0.3 is 5.73 Å². The minimum Gasteiger partial charge on any atom is -0.364 e. The van der Waals surface area contributed by atoms with E-state index in [4.69, 9.17) is 5.73 Å². The van der Waals surface area contributed by atoms with E-state index in [1.807, 2.05) is 19.1 Å². The van der Waals surface area contributed by atoms with Gasteiger partial charge in [-0.05, 0) is 18.6 Å². The number of aromatic nitrogens is 3. The fraction of sp³-hybridized carbons (Fsp3) is 0.182. The van der Waals surface area contributed by atoms with Crippen LogP contribution in [0.5, 0.6) is 0 Å². The van der Waals surface area contributed by atoms with Crippen molar-refractivity contribution in [1.82, 2.24) is 14.8 Å². The summed E-state index contributed by atoms with van der Waals surface area (Å²) in [5.41, 5.74) is 8.10. The molecule has 5 heteroatoms. The quantitative estimate of drug-likeness (QED) is 0.810. The topological polar surface area (TPSA) is 73.8 Å². The van der Waals surface area contributed by atoms with E-state index in [0.29, 0.717) is 17.0 Å². The number of aryl methyl sites for hydroxylation is 2. The highest BCUT2D eigenvalue weighted by atomic mass is 16.1. The molecule has 0 aliphatic rings. The number of rotatable bonds is 2. The van der Waals surface area contributed by atoms with Crippen molar-refractivity contribution in [2.24, 2.45) is 12.8 Å². The number of nitrogens with zero attached hydrogens (tertiary/aromatic N) is 3. The molecule has 2 aromatic heterocycles. The molecule has 0 saturated carbocycles. The van der Waals surface area contributed by atoms with Gasteiger partial charge in [-0.25, -0.2) is 0 Å². The highest BCUT2D eigenvalue weighted by molar-refractivity contribution is 5.97. The first-order chi connectivity index (χ1) is 7.59. The number of carbonyl (C=O) groups excluding carboxylic acids is 1. The van der Waals surface area contributed by atoms with Crippen LogP contribution in [0.4, 0.5) is 0 Å². The second-order valence-electron chi connectivity index (χ2n) is 3.62. The van der Waals surface area contributed by atoms with Crippen molar-refractivity contribution >= 4 is 5.91 Å². The summed E-state index contributed by atoms with van der Waals surface area (Å²) in [7, 11) is 1.68. The Morgan fingerprint density at radius 1 is 1.38 bits per heavy atom. The lowest BCUT2D eigenvalue weighted by Crippen LogP contribution is -2.16. The second-order valence-corrected chi connectivity index (χ2v) is 3.62. The summed E-state index contributed by atoms with van der Waals surface area (Å²) < 4.78 is 1.46. The van der Waals surface area contributed by atoms with Crippen LogP contribution in [-0.4, -0.2) is 20.7 Å². The summed E-state index contributed by atoms with van der Waals surface area (Å²) >= 11 is 0. The van der Waals surface area contributed by atoms with E-state index in [1.54, 1.807) is 19.4 Å². The molecule has 16 heavy (non-hydrogen) atoms. The fourth-order valence-corrected chi connectivity index (χ4v) is 1.54. The Kier molecular flexibility index (Phi) is 2.44. The van der Waals surface area contributed by atoms with Crippen molar-refractivity contribution in [3.8, 4) is 11.3 Å². The van der Waals surface area contributed by atoms with Gasteiger partial charge in [-0.2, -0.15) is 5.10 Å². The van der Waals surface area contributed by atoms with Gasteiger partial charge in [0.1, 0.15) is 5.69 Å². The van der Waals surface area contributed by atoms with Crippen LogP contribution in [0.1, 0.15) is 16.1 Å². The Labute approximate surface area is 92.9 Å². The number of primary amides is 1. The predicted octanol–water partition coefficient (Wildman–Crippen LogP) is 0.889. The fourth-order valence-electron chi connectivity index (χ4n) is 1.54. The maximum Gasteiger partial charge on any atom is 0.267 e. The molecule has 0 aliphatic heterocycles. The van der Waals surface area contributed by atoms with Crippen LogP contribution < -0.4 is 5.73 Å². The van der Waals surface area contributed by atoms with Gasteiger partial charge in [-0.15, -0.1) is 0 Å². The van der Waals surface area contributed by atoms with Crippen LogP contribution in [0.2, 0.25) is 0 Å². The van der Waals surface area contributed by atoms with E-state index in [2.05, 4.69) is 10.1 Å². The molecular weight excluding hydrogens is 204 g/mol. The third-order valence-electron chi connectivity index (χ3n) is 2.36. The summed E-state index contributed by atoms with van der Waals surface area (Å²) in [6.07, 6.45) is 3.34. The normalized spacial score (nSPS) is 10.4. The van der Waals surface area contributed by atoms with E-state index < -0.39 is 5.91 Å². The lowest BCUT2D eigenvalue weighted by molar-refractivity contribution is 0.0992. The van der Waals surface area contributed by atoms with E-state index in [9.17, 15) is 4.79 Å². The predicted molar refractivity (Wildman–Crippen MR) is 59.7 cm³/mol. The average molecular weight is 216 g/mol. The first-order valence-corrected chi connectivity index (χ1v) is 4.84. The maximum atomic E-state index is 11.3. The SMILES string of the molecule is Cc1ccc(-c2cnn(C)c2C(N)=O)nc1. The van der Waals surface area contributed by atoms with Gasteiger partial charge in [0, 0.05) is 13.2 Å². The molecule has 0 bridgehead atoms. The van der Waals surface area contributed by atoms with Crippen LogP contribution in [0, 0.1) is 6.92 Å². The van der Waals surface area contributed by atoms with Gasteiger partial charge in [-0.3, -0.25) is 14.5 Å². The zero-order valence-corrected chi connectivity index (χ0v) is 9.14. The Morgan fingerprint density at radius 2 is 2.12 bits per heavy atom. The second kappa shape index (κ2) is 3.77. The molecule has 2 heterocycles. The summed E-state index contributed by atoms with van der Waals surface area (Å²) in [5, 5.41) is 4.01. The summed E-state index contributed by atoms with van der Waals surface area (Å²) in [6.45, 7) is 1.95. The minimum absolute atomic E-state index is 0.372. The molecular formula is C11H12N4O. The molecule has 0 aliphatic carbocycles. The number of hydrogen-bond donors (Lipinski definition) is 1. The van der Waals surface area contributed by atoms with Crippen molar-refractivity contribution < 1.29 is 4.79 Å². The van der Waals surface area contributed by atoms with Crippen molar-refractivity contribution in [2.75, 3.05) is 0 Å². The van der Waals surface area contributed by atoms with Crippen molar-refractivity contribution in [2.45, 2.75) is 6.92 Å². The van der Waals surface area contributed by atoms with Gasteiger partial charge in [0.2, 0.25) is 0 Å². The van der Waals surface area contributed by atoms with Gasteiger partial charge in [0.15, 0.2) is 0 Å². The Bertz CT molecular complexity index is 527. The van der Waals surface area contributed by atoms with Crippen LogP contribution in [-0.2, 0) is 7.05 Å². The average Bonchev–Trinajstić information content (AvgIpc) is 2.61. The molecule has 2 aromatic rings. The number of nitrogens with two attached hydrogens (primary N) is 1. The van der Waals surface area contributed by atoms with Crippen LogP contribution in [0.3, 0.4) is 0 Å². The first kappa shape index (κ1) is 10.4. The monoisotopic (exact) mass is 216 g/mol. The third kappa shape index (κ3) is 1.67. The van der Waals surface area contributed by atoms with Crippen LogP contribution >= 0.6 is 0 Å². The molecule has 0 fully saturated rings. The molecule has 0 atom stereocenters. The van der Waals surface area contributed by atoms with E-state index in [0.717, 1.165) is 5.56 Å². The standard InChI is InChI=1S/C11H12N4O/c1-7-3-4-9(13-5-7)8-6-14-15(2)10(8)11(12)16/h3-6H,1-2H3,(H2,12,16). The zero-order valence-electron chi connectivity index (χ0n) is 9.14. The first-order valence-electron chi connectivity index (χ1n) is 4.84. The van der Waals surface area contributed by atoms with Gasteiger partial charge in [0.05, 0.1) is 17.5 Å². The molecule has 0 aromatic carbocycles. The Balaban J connectivity index is 2.56. The molecule has 2 rings (SSSR count). The largest absolute Gasteiger partial charge is 0.364 e. The molecule has 0 radical (unpaired) electrons. The Morgan fingerprint density at radius 3 is 2.69 bits per heavy atom. The van der Waals surface area contributed by atoms with Gasteiger partial charge in [0.25, 0.3) is 5.91 Å². The molecule has 1 amide bonds. The van der Waals surface area contributed by atoms with E-state index in [-0.39, 0.29) is 0 Å². The highest BCUT2D eigenvalue weighted by Crippen LogP contribution is 2.20. The van der Waals surface area contributed by atoms with E-state index >= 15 is 0 Å². The van der Waals surface area contributed by atoms with Crippen molar-refractivity contribution in [3.05, 3.63) is 35.8 Å². The Hall–Kier alpha value is -2.17. The minimum atomic E-state index is -0.502. The van der Waals surface area contributed by atoms with Crippen LogP contribution in [0.25, 0.3) is 11.3 Å². The van der Waals surface area contributed by atoms with Crippen molar-refractivity contribution in [3.63, 3.8) is 0 Å². The zero-order chi connectivity index (χ0) is 11.7. The maximum absolute atomic E-state index is 11.3. The highest BCUT2D eigenvalue weighted by Gasteiger charge is 2.15. The molecule has 0 unspecified atom stereocenters. The third-order valence-corrected chi connectivity index (χ3v) is 2.36. The molecule has 0 saturated heterocycles. The van der Waals surface area contributed by atoms with E-state index in [1.165, 1.54) is 4.68 Å². The van der Waals surface area contributed by atoms with Crippen molar-refractivity contribution in [1.29, 1.82) is 0 Å². The van der Waals surface area contributed by atoms with Gasteiger partial charge >= 0.3 is 0 Å². The molecule has 82 valence electrons. The van der Waals surface area contributed by atoms with Crippen LogP contribution in [0.15, 0.2) is 24.5 Å². The number of pyridine rings is 1. The number of hydrogen-bond acceptors (Lipinski definition) is 3. The number of amides is 1. The smallest absolute Gasteiger partial charge is 0.267 e. The summed E-state index contributed by atoms with van der Waals surface area (Å²) in [4.78, 5) is 15.5. The van der Waals surface area contributed by atoms with Gasteiger partial charge in [-0.1, -0.05) is 6.07 Å². The summed E-state index contributed by atoms with van der Waals surface area (Å²) in [6, 6.07) is 3.78.